The summed E-state index contributed by atoms with van der Waals surface area (Å²) in [6.45, 7) is 3.84. The molecule has 13 nitrogen and oxygen atoms in total. The number of phenols is 1. The molecule has 2 aliphatic heterocycles. The molecule has 0 bridgehead atoms. The number of phenolic OH excluding ortho intramolecular Hbond substituents is 1. The van der Waals surface area contributed by atoms with Crippen molar-refractivity contribution >= 4 is 85.3 Å². The van der Waals surface area contributed by atoms with E-state index in [2.05, 4.69) is 4.98 Å². The highest BCUT2D eigenvalue weighted by atomic mass is 35.5. The van der Waals surface area contributed by atoms with Gasteiger partial charge in [0, 0.05) is 34.3 Å². The first-order chi connectivity index (χ1) is 31.8. The summed E-state index contributed by atoms with van der Waals surface area (Å²) in [7, 11) is 4.60. The first kappa shape index (κ1) is 41.7. The number of aromatic hydroxyl groups is 1. The van der Waals surface area contributed by atoms with Crippen LogP contribution in [0.4, 0.5) is 11.5 Å². The smallest absolute Gasteiger partial charge is 0.242 e. The van der Waals surface area contributed by atoms with E-state index in [1.807, 2.05) is 74.5 Å². The number of carbonyl (C=O) groups is 4. The second-order valence-electron chi connectivity index (χ2n) is 17.6. The van der Waals surface area contributed by atoms with Crippen LogP contribution in [0.15, 0.2) is 107 Å². The van der Waals surface area contributed by atoms with Crippen molar-refractivity contribution in [2.24, 2.45) is 42.1 Å². The number of aromatic nitrogens is 3. The highest BCUT2D eigenvalue weighted by Gasteiger charge is 2.67. The standard InChI is InChI=1S/C51H42ClN5O8S/c1-25-32-22-28(52)13-19-41(32)66-45(25)37-24-42(55(3)54-37)57-48(60)35-23-33-30(34(51(35,2)50(57)62)18-10-26-20-39(63-4)44(58)40(21-26)64-5)16-17-31-43(33)49(61)56(47(31)59)29-14-11-27(12-15-29)46-53-36-8-6-7-9-38(36)65-46/h6-16,18-22,24,31,33-35,43,58H,17,23H2,1-5H3/t31-,33+,34-,35-,43-,51-/m0/s1. The topological polar surface area (TPSA) is 157 Å². The Bertz CT molecular complexity index is 3240. The van der Waals surface area contributed by atoms with Gasteiger partial charge in [-0.25, -0.2) is 9.88 Å². The molecule has 3 aromatic heterocycles. The molecule has 15 heteroatoms. The zero-order valence-electron chi connectivity index (χ0n) is 36.4. The summed E-state index contributed by atoms with van der Waals surface area (Å²) in [6, 6.07) is 25.3. The van der Waals surface area contributed by atoms with E-state index in [1.165, 1.54) is 24.0 Å². The maximum absolute atomic E-state index is 15.3. The summed E-state index contributed by atoms with van der Waals surface area (Å²) >= 11 is 7.92. The van der Waals surface area contributed by atoms with Gasteiger partial charge < -0.3 is 19.0 Å². The number of oxazole rings is 1. The van der Waals surface area contributed by atoms with Crippen LogP contribution in [-0.2, 0) is 26.2 Å². The first-order valence-corrected chi connectivity index (χ1v) is 22.8. The minimum atomic E-state index is -1.30. The third-order valence-electron chi connectivity index (χ3n) is 14.2. The average molecular weight is 920 g/mol. The van der Waals surface area contributed by atoms with Gasteiger partial charge in [0.25, 0.3) is 0 Å². The number of rotatable bonds is 8. The molecule has 5 heterocycles. The van der Waals surface area contributed by atoms with Crippen LogP contribution < -0.4 is 19.3 Å². The van der Waals surface area contributed by atoms with Crippen LogP contribution in [0.1, 0.15) is 30.9 Å². The number of carbonyl (C=O) groups excluding carboxylic acids is 4. The van der Waals surface area contributed by atoms with Gasteiger partial charge in [-0.1, -0.05) is 47.5 Å². The molecule has 1 N–H and O–H groups in total. The lowest BCUT2D eigenvalue weighted by atomic mass is 9.52. The summed E-state index contributed by atoms with van der Waals surface area (Å²) < 4.78 is 19.5. The van der Waals surface area contributed by atoms with Gasteiger partial charge in [-0.15, -0.1) is 11.3 Å². The molecule has 3 fully saturated rings. The third kappa shape index (κ3) is 6.11. The van der Waals surface area contributed by atoms with Gasteiger partial charge in [0.05, 0.1) is 48.0 Å². The lowest BCUT2D eigenvalue weighted by molar-refractivity contribution is -0.132. The molecule has 11 rings (SSSR count). The Morgan fingerprint density at radius 1 is 0.909 bits per heavy atom. The van der Waals surface area contributed by atoms with Gasteiger partial charge in [0.2, 0.25) is 35.3 Å². The van der Waals surface area contributed by atoms with Gasteiger partial charge in [-0.3, -0.25) is 28.8 Å². The molecule has 7 aromatic rings. The summed E-state index contributed by atoms with van der Waals surface area (Å²) in [5, 5.41) is 17.1. The molecular weight excluding hydrogens is 878 g/mol. The lowest BCUT2D eigenvalue weighted by Gasteiger charge is -2.47. The summed E-state index contributed by atoms with van der Waals surface area (Å²) in [4.78, 5) is 67.6. The number of benzene rings is 4. The molecule has 4 aliphatic rings. The maximum Gasteiger partial charge on any atom is 0.242 e. The molecule has 2 aliphatic carbocycles. The number of anilines is 2. The van der Waals surface area contributed by atoms with E-state index in [0.29, 0.717) is 44.8 Å². The number of imide groups is 2. The molecule has 332 valence electrons. The van der Waals surface area contributed by atoms with Crippen molar-refractivity contribution in [1.82, 2.24) is 14.8 Å². The molecule has 2 saturated heterocycles. The normalized spacial score (nSPS) is 23.8. The van der Waals surface area contributed by atoms with Crippen LogP contribution >= 0.6 is 22.9 Å². The lowest BCUT2D eigenvalue weighted by Crippen LogP contribution is -2.49. The van der Waals surface area contributed by atoms with E-state index in [-0.39, 0.29) is 41.9 Å². The van der Waals surface area contributed by atoms with Gasteiger partial charge in [0.1, 0.15) is 17.0 Å². The van der Waals surface area contributed by atoms with Crippen LogP contribution in [-0.4, -0.2) is 57.7 Å². The number of fused-ring (bicyclic) bond motifs is 6. The van der Waals surface area contributed by atoms with Crippen LogP contribution in [0.2, 0.25) is 5.02 Å². The van der Waals surface area contributed by atoms with Crippen LogP contribution in [0.25, 0.3) is 49.3 Å². The van der Waals surface area contributed by atoms with Gasteiger partial charge in [-0.2, -0.15) is 5.10 Å². The number of para-hydroxylation sites is 2. The van der Waals surface area contributed by atoms with E-state index in [0.717, 1.165) is 31.6 Å². The number of amides is 4. The number of ether oxygens (including phenoxy) is 2. The van der Waals surface area contributed by atoms with E-state index in [1.54, 1.807) is 65.5 Å². The van der Waals surface area contributed by atoms with Gasteiger partial charge in [0.15, 0.2) is 17.1 Å². The monoisotopic (exact) mass is 919 g/mol. The Kier molecular flexibility index (Phi) is 9.64. The van der Waals surface area contributed by atoms with Crippen LogP contribution in [0.5, 0.6) is 17.2 Å². The number of thiophene rings is 1. The number of hydrogen-bond acceptors (Lipinski definition) is 11. The van der Waals surface area contributed by atoms with E-state index < -0.39 is 46.8 Å². The summed E-state index contributed by atoms with van der Waals surface area (Å²) in [5.41, 5.74) is 4.24. The Hall–Kier alpha value is -7.03. The van der Waals surface area contributed by atoms with E-state index >= 15 is 9.59 Å². The van der Waals surface area contributed by atoms with Crippen molar-refractivity contribution < 1.29 is 38.2 Å². The number of methoxy groups -OCH3 is 2. The van der Waals surface area contributed by atoms with Crippen molar-refractivity contribution in [2.75, 3.05) is 24.0 Å². The Morgan fingerprint density at radius 3 is 2.38 bits per heavy atom. The third-order valence-corrected chi connectivity index (χ3v) is 15.7. The minimum absolute atomic E-state index is 0.157. The zero-order chi connectivity index (χ0) is 45.9. The molecular formula is C51H42ClN5O8S. The first-order valence-electron chi connectivity index (χ1n) is 21.6. The van der Waals surface area contributed by atoms with Crippen molar-refractivity contribution in [3.05, 3.63) is 119 Å². The van der Waals surface area contributed by atoms with Gasteiger partial charge in [-0.05, 0) is 116 Å². The molecule has 4 amide bonds. The van der Waals surface area contributed by atoms with Crippen molar-refractivity contribution in [3.8, 4) is 39.3 Å². The number of nitrogens with zero attached hydrogens (tertiary/aromatic N) is 5. The second-order valence-corrected chi connectivity index (χ2v) is 19.1. The average Bonchev–Trinajstić information content (AvgIpc) is 4.10. The molecule has 0 unspecified atom stereocenters. The predicted molar refractivity (Wildman–Crippen MR) is 251 cm³/mol. The number of allylic oxidation sites excluding steroid dienone is 3. The minimum Gasteiger partial charge on any atom is -0.502 e. The number of aryl methyl sites for hydroxylation is 2. The van der Waals surface area contributed by atoms with Gasteiger partial charge >= 0.3 is 0 Å². The largest absolute Gasteiger partial charge is 0.502 e. The molecule has 6 atom stereocenters. The molecule has 1 saturated carbocycles. The fraction of sp³-hybridized carbons (Fsp3) is 0.255. The second kappa shape index (κ2) is 15.3. The summed E-state index contributed by atoms with van der Waals surface area (Å²) in [6.07, 6.45) is 6.18. The summed E-state index contributed by atoms with van der Waals surface area (Å²) in [5.74, 6) is -3.96. The fourth-order valence-corrected chi connectivity index (χ4v) is 12.2. The van der Waals surface area contributed by atoms with Crippen molar-refractivity contribution in [3.63, 3.8) is 0 Å². The van der Waals surface area contributed by atoms with E-state index in [4.69, 9.17) is 30.6 Å². The molecule has 4 aromatic carbocycles. The van der Waals surface area contributed by atoms with Crippen LogP contribution in [0, 0.1) is 41.9 Å². The Labute approximate surface area is 387 Å². The predicted octanol–water partition coefficient (Wildman–Crippen LogP) is 9.78. The van der Waals surface area contributed by atoms with Crippen molar-refractivity contribution in [2.45, 2.75) is 26.7 Å². The number of hydrogen-bond donors (Lipinski definition) is 1. The van der Waals surface area contributed by atoms with Crippen molar-refractivity contribution in [1.29, 1.82) is 0 Å². The maximum atomic E-state index is 15.3. The highest BCUT2D eigenvalue weighted by molar-refractivity contribution is 7.22. The fourth-order valence-electron chi connectivity index (χ4n) is 10.9. The Balaban J connectivity index is 0.971. The zero-order valence-corrected chi connectivity index (χ0v) is 38.0. The quantitative estimate of drug-likeness (QED) is 0.115. The SMILES string of the molecule is COc1cc(C=C[C@H]2C3=CC[C@@H]4C(=O)N(c5ccc(-c6nc7ccccc7o6)cc5)C(=O)[C@@H]4[C@@H]3C[C@H]3C(=O)N(c4cc(-c5sc6ccc(Cl)cc6c5C)nn4C)C(=O)[C@@]23C)cc(OC)c1O. The highest BCUT2D eigenvalue weighted by Crippen LogP contribution is 2.61. The number of halogens is 1. The molecule has 0 radical (unpaired) electrons. The van der Waals surface area contributed by atoms with E-state index in [9.17, 15) is 14.7 Å². The molecule has 66 heavy (non-hydrogen) atoms. The van der Waals surface area contributed by atoms with Crippen LogP contribution in [0.3, 0.4) is 0 Å². The molecule has 0 spiro atoms. The Morgan fingerprint density at radius 2 is 1.65 bits per heavy atom.